The molecule has 0 aliphatic carbocycles. The lowest BCUT2D eigenvalue weighted by Crippen LogP contribution is -2.20. The van der Waals surface area contributed by atoms with E-state index in [0.29, 0.717) is 23.2 Å². The van der Waals surface area contributed by atoms with Gasteiger partial charge in [-0.3, -0.25) is 4.90 Å². The van der Waals surface area contributed by atoms with Crippen LogP contribution in [0.1, 0.15) is 23.8 Å². The minimum absolute atomic E-state index is 0.319. The Morgan fingerprint density at radius 2 is 1.81 bits per heavy atom. The number of aromatic nitrogens is 1. The fraction of sp³-hybridized carbons (Fsp3) is 0.381. The molecule has 142 valence electrons. The third-order valence-corrected chi connectivity index (χ3v) is 5.06. The lowest BCUT2D eigenvalue weighted by atomic mass is 10.1. The van der Waals surface area contributed by atoms with Gasteiger partial charge in [0.2, 0.25) is 5.75 Å². The van der Waals surface area contributed by atoms with E-state index in [1.165, 1.54) is 0 Å². The molecule has 1 aliphatic rings. The van der Waals surface area contributed by atoms with Gasteiger partial charge in [-0.05, 0) is 42.8 Å². The molecule has 0 spiro atoms. The maximum Gasteiger partial charge on any atom is 0.203 e. The van der Waals surface area contributed by atoms with Crippen molar-refractivity contribution in [2.24, 2.45) is 0 Å². The van der Waals surface area contributed by atoms with Crippen molar-refractivity contribution < 1.29 is 18.6 Å². The molecule has 1 atom stereocenters. The second-order valence-electron chi connectivity index (χ2n) is 6.77. The summed E-state index contributed by atoms with van der Waals surface area (Å²) >= 11 is 0. The Balaban J connectivity index is 1.49. The summed E-state index contributed by atoms with van der Waals surface area (Å²) in [7, 11) is 4.89. The number of ether oxygens (including phenoxy) is 3. The summed E-state index contributed by atoms with van der Waals surface area (Å²) in [6.45, 7) is 2.73. The summed E-state index contributed by atoms with van der Waals surface area (Å²) in [5.74, 6) is 3.14. The van der Waals surface area contributed by atoms with Gasteiger partial charge in [0.25, 0.3) is 0 Å². The Hall–Kier alpha value is -2.73. The van der Waals surface area contributed by atoms with E-state index in [1.54, 1.807) is 21.3 Å². The van der Waals surface area contributed by atoms with Crippen LogP contribution in [-0.2, 0) is 6.54 Å². The zero-order chi connectivity index (χ0) is 18.8. The third kappa shape index (κ3) is 3.45. The van der Waals surface area contributed by atoms with E-state index >= 15 is 0 Å². The van der Waals surface area contributed by atoms with Crippen molar-refractivity contribution >= 4 is 11.1 Å². The van der Waals surface area contributed by atoms with Gasteiger partial charge in [0.15, 0.2) is 23.0 Å². The molecule has 1 fully saturated rings. The van der Waals surface area contributed by atoms with Gasteiger partial charge in [-0.2, -0.15) is 0 Å². The average Bonchev–Trinajstić information content (AvgIpc) is 3.33. The van der Waals surface area contributed by atoms with Crippen LogP contribution >= 0.6 is 0 Å². The first kappa shape index (κ1) is 17.7. The molecular weight excluding hydrogens is 344 g/mol. The summed E-state index contributed by atoms with van der Waals surface area (Å²) in [6.07, 6.45) is 1.04. The van der Waals surface area contributed by atoms with Gasteiger partial charge in [0.05, 0.1) is 21.3 Å². The van der Waals surface area contributed by atoms with E-state index < -0.39 is 0 Å². The molecule has 0 saturated carbocycles. The third-order valence-electron chi connectivity index (χ3n) is 5.06. The molecule has 0 unspecified atom stereocenters. The Morgan fingerprint density at radius 3 is 2.48 bits per heavy atom. The summed E-state index contributed by atoms with van der Waals surface area (Å²) in [5, 5.41) is 0. The summed E-state index contributed by atoms with van der Waals surface area (Å²) in [5.41, 5.74) is 2.91. The lowest BCUT2D eigenvalue weighted by Gasteiger charge is -2.18. The molecule has 6 heteroatoms. The minimum Gasteiger partial charge on any atom is -0.493 e. The van der Waals surface area contributed by atoms with Crippen LogP contribution in [0.4, 0.5) is 0 Å². The van der Waals surface area contributed by atoms with Crippen molar-refractivity contribution in [1.82, 2.24) is 9.88 Å². The van der Waals surface area contributed by atoms with Crippen LogP contribution in [0, 0.1) is 0 Å². The highest BCUT2D eigenvalue weighted by Gasteiger charge is 2.28. The molecule has 2 aromatic carbocycles. The SMILES string of the molecule is COc1cc(CN2CC[C@H](c3nc4ccccc4o3)C2)cc(OC)c1OC. The number of likely N-dealkylation sites (tertiary alicyclic amines) is 1. The molecule has 1 aromatic heterocycles. The molecule has 3 aromatic rings. The van der Waals surface area contributed by atoms with Gasteiger partial charge in [-0.15, -0.1) is 0 Å². The highest BCUT2D eigenvalue weighted by molar-refractivity contribution is 5.72. The summed E-state index contributed by atoms with van der Waals surface area (Å²) in [4.78, 5) is 7.07. The van der Waals surface area contributed by atoms with Crippen molar-refractivity contribution in [3.05, 3.63) is 47.9 Å². The van der Waals surface area contributed by atoms with E-state index in [1.807, 2.05) is 36.4 Å². The highest BCUT2D eigenvalue weighted by Crippen LogP contribution is 2.39. The van der Waals surface area contributed by atoms with Crippen molar-refractivity contribution in [1.29, 1.82) is 0 Å². The summed E-state index contributed by atoms with van der Waals surface area (Å²) < 4.78 is 22.3. The molecule has 1 saturated heterocycles. The minimum atomic E-state index is 0.319. The van der Waals surface area contributed by atoms with E-state index in [2.05, 4.69) is 9.88 Å². The van der Waals surface area contributed by atoms with Gasteiger partial charge in [-0.1, -0.05) is 12.1 Å². The maximum atomic E-state index is 5.96. The quantitative estimate of drug-likeness (QED) is 0.659. The number of fused-ring (bicyclic) bond motifs is 1. The first-order valence-corrected chi connectivity index (χ1v) is 9.08. The van der Waals surface area contributed by atoms with Gasteiger partial charge in [0, 0.05) is 19.0 Å². The molecule has 1 aliphatic heterocycles. The van der Waals surface area contributed by atoms with Gasteiger partial charge in [0.1, 0.15) is 5.52 Å². The van der Waals surface area contributed by atoms with Gasteiger partial charge >= 0.3 is 0 Å². The van der Waals surface area contributed by atoms with Crippen molar-refractivity contribution in [2.75, 3.05) is 34.4 Å². The first-order valence-electron chi connectivity index (χ1n) is 9.08. The lowest BCUT2D eigenvalue weighted by molar-refractivity contribution is 0.310. The van der Waals surface area contributed by atoms with Crippen LogP contribution in [0.2, 0.25) is 0 Å². The van der Waals surface area contributed by atoms with Crippen molar-refractivity contribution in [3.63, 3.8) is 0 Å². The van der Waals surface area contributed by atoms with Crippen LogP contribution in [0.25, 0.3) is 11.1 Å². The number of benzene rings is 2. The van der Waals surface area contributed by atoms with Gasteiger partial charge in [-0.25, -0.2) is 4.98 Å². The molecule has 6 nitrogen and oxygen atoms in total. The topological polar surface area (TPSA) is 57.0 Å². The van der Waals surface area contributed by atoms with Crippen LogP contribution in [0.3, 0.4) is 0 Å². The normalized spacial score (nSPS) is 17.4. The number of rotatable bonds is 6. The number of nitrogens with zero attached hydrogens (tertiary/aromatic N) is 2. The smallest absolute Gasteiger partial charge is 0.203 e. The number of para-hydroxylation sites is 2. The molecule has 0 bridgehead atoms. The fourth-order valence-corrected chi connectivity index (χ4v) is 3.73. The Kier molecular flexibility index (Phi) is 4.90. The zero-order valence-electron chi connectivity index (χ0n) is 15.9. The number of hydrogen-bond donors (Lipinski definition) is 0. The fourth-order valence-electron chi connectivity index (χ4n) is 3.73. The molecule has 0 radical (unpaired) electrons. The maximum absolute atomic E-state index is 5.96. The first-order chi connectivity index (χ1) is 13.2. The van der Waals surface area contributed by atoms with E-state index in [-0.39, 0.29) is 0 Å². The Morgan fingerprint density at radius 1 is 1.07 bits per heavy atom. The van der Waals surface area contributed by atoms with E-state index in [0.717, 1.165) is 48.6 Å². The Bertz CT molecular complexity index is 879. The largest absolute Gasteiger partial charge is 0.493 e. The molecule has 0 amide bonds. The highest BCUT2D eigenvalue weighted by atomic mass is 16.5. The predicted molar refractivity (Wildman–Crippen MR) is 103 cm³/mol. The van der Waals surface area contributed by atoms with Crippen molar-refractivity contribution in [2.45, 2.75) is 18.9 Å². The number of oxazole rings is 1. The molecule has 0 N–H and O–H groups in total. The predicted octanol–water partition coefficient (Wildman–Crippen LogP) is 3.84. The summed E-state index contributed by atoms with van der Waals surface area (Å²) in [6, 6.07) is 11.9. The molecule has 27 heavy (non-hydrogen) atoms. The number of hydrogen-bond acceptors (Lipinski definition) is 6. The zero-order valence-corrected chi connectivity index (χ0v) is 15.9. The molecule has 2 heterocycles. The monoisotopic (exact) mass is 368 g/mol. The standard InChI is InChI=1S/C21H24N2O4/c1-24-18-10-14(11-19(25-2)20(18)26-3)12-23-9-8-15(13-23)21-22-16-6-4-5-7-17(16)27-21/h4-7,10-11,15H,8-9,12-13H2,1-3H3/t15-/m0/s1. The second kappa shape index (κ2) is 7.48. The second-order valence-corrected chi connectivity index (χ2v) is 6.77. The van der Waals surface area contributed by atoms with Crippen LogP contribution in [0.15, 0.2) is 40.8 Å². The van der Waals surface area contributed by atoms with Crippen LogP contribution in [0.5, 0.6) is 17.2 Å². The number of methoxy groups -OCH3 is 3. The van der Waals surface area contributed by atoms with E-state index in [4.69, 9.17) is 18.6 Å². The molecule has 4 rings (SSSR count). The molecular formula is C21H24N2O4. The Labute approximate surface area is 158 Å². The van der Waals surface area contributed by atoms with Crippen molar-refractivity contribution in [3.8, 4) is 17.2 Å². The van der Waals surface area contributed by atoms with Crippen LogP contribution < -0.4 is 14.2 Å². The van der Waals surface area contributed by atoms with Crippen LogP contribution in [-0.4, -0.2) is 44.3 Å². The van der Waals surface area contributed by atoms with Gasteiger partial charge < -0.3 is 18.6 Å². The van der Waals surface area contributed by atoms with E-state index in [9.17, 15) is 0 Å². The average molecular weight is 368 g/mol.